The van der Waals surface area contributed by atoms with Crippen molar-refractivity contribution < 1.29 is 14.3 Å². The lowest BCUT2D eigenvalue weighted by Crippen LogP contribution is -2.36. The molecule has 0 radical (unpaired) electrons. The van der Waals surface area contributed by atoms with E-state index in [0.29, 0.717) is 29.7 Å². The Morgan fingerprint density at radius 2 is 1.93 bits per heavy atom. The highest BCUT2D eigenvalue weighted by Gasteiger charge is 2.34. The first kappa shape index (κ1) is 19.6. The van der Waals surface area contributed by atoms with Crippen molar-refractivity contribution in [2.75, 3.05) is 25.1 Å². The number of carbonyl (C=O) groups is 2. The van der Waals surface area contributed by atoms with Crippen LogP contribution < -0.4 is 20.5 Å². The monoisotopic (exact) mass is 406 g/mol. The third-order valence-electron chi connectivity index (χ3n) is 5.26. The summed E-state index contributed by atoms with van der Waals surface area (Å²) in [7, 11) is 1.58. The zero-order valence-corrected chi connectivity index (χ0v) is 16.6. The molecular formula is C22H22N4O4. The number of amides is 2. The van der Waals surface area contributed by atoms with E-state index in [0.717, 1.165) is 5.69 Å². The molecule has 1 aliphatic heterocycles. The number of rotatable bonds is 6. The Labute approximate surface area is 173 Å². The summed E-state index contributed by atoms with van der Waals surface area (Å²) < 4.78 is 6.61. The second kappa shape index (κ2) is 8.36. The predicted molar refractivity (Wildman–Crippen MR) is 112 cm³/mol. The van der Waals surface area contributed by atoms with Crippen molar-refractivity contribution in [1.82, 2.24) is 14.9 Å². The Kier molecular flexibility index (Phi) is 5.47. The maximum Gasteiger partial charge on any atom is 0.261 e. The summed E-state index contributed by atoms with van der Waals surface area (Å²) in [6.45, 7) is 0.922. The number of fused-ring (bicyclic) bond motifs is 1. The van der Waals surface area contributed by atoms with E-state index in [-0.39, 0.29) is 30.3 Å². The molecular weight excluding hydrogens is 384 g/mol. The molecule has 0 bridgehead atoms. The number of hydrogen-bond donors (Lipinski definition) is 1. The maximum absolute atomic E-state index is 12.5. The molecule has 1 saturated heterocycles. The first-order chi connectivity index (χ1) is 14.6. The van der Waals surface area contributed by atoms with Gasteiger partial charge in [-0.1, -0.05) is 12.1 Å². The van der Waals surface area contributed by atoms with E-state index in [1.165, 1.54) is 10.9 Å². The SMILES string of the molecule is COc1ccc(N2C[C@H](C(=O)NCCn3cnc4ccccc4c3=O)CC2=O)cc1. The summed E-state index contributed by atoms with van der Waals surface area (Å²) in [5, 5.41) is 3.38. The van der Waals surface area contributed by atoms with Crippen molar-refractivity contribution in [2.45, 2.75) is 13.0 Å². The zero-order valence-electron chi connectivity index (χ0n) is 16.6. The number of hydrogen-bond acceptors (Lipinski definition) is 5. The molecule has 3 aromatic rings. The fraction of sp³-hybridized carbons (Fsp3) is 0.273. The average molecular weight is 406 g/mol. The van der Waals surface area contributed by atoms with Crippen molar-refractivity contribution in [3.63, 3.8) is 0 Å². The molecule has 2 amide bonds. The summed E-state index contributed by atoms with van der Waals surface area (Å²) in [5.74, 6) is 0.000545. The van der Waals surface area contributed by atoms with Crippen molar-refractivity contribution >= 4 is 28.4 Å². The van der Waals surface area contributed by atoms with Crippen LogP contribution in [0.25, 0.3) is 10.9 Å². The number of ether oxygens (including phenoxy) is 1. The van der Waals surface area contributed by atoms with Gasteiger partial charge in [0, 0.05) is 31.7 Å². The van der Waals surface area contributed by atoms with Gasteiger partial charge in [-0.2, -0.15) is 0 Å². The van der Waals surface area contributed by atoms with Crippen LogP contribution in [-0.2, 0) is 16.1 Å². The molecule has 1 fully saturated rings. The normalized spacial score (nSPS) is 16.1. The molecule has 2 aromatic carbocycles. The fourth-order valence-electron chi connectivity index (χ4n) is 3.60. The van der Waals surface area contributed by atoms with E-state index in [2.05, 4.69) is 10.3 Å². The van der Waals surface area contributed by atoms with Crippen LogP contribution in [0.2, 0.25) is 0 Å². The summed E-state index contributed by atoms with van der Waals surface area (Å²) in [4.78, 5) is 43.3. The van der Waals surface area contributed by atoms with Gasteiger partial charge in [0.1, 0.15) is 5.75 Å². The van der Waals surface area contributed by atoms with Crippen LogP contribution in [0.5, 0.6) is 5.75 Å². The Morgan fingerprint density at radius 3 is 2.70 bits per heavy atom. The van der Waals surface area contributed by atoms with Crippen molar-refractivity contribution in [3.05, 3.63) is 65.2 Å². The molecule has 8 heteroatoms. The van der Waals surface area contributed by atoms with Crippen LogP contribution in [0.4, 0.5) is 5.69 Å². The molecule has 2 heterocycles. The quantitative estimate of drug-likeness (QED) is 0.671. The summed E-state index contributed by atoms with van der Waals surface area (Å²) in [6.07, 6.45) is 1.65. The zero-order chi connectivity index (χ0) is 21.1. The Hall–Kier alpha value is -3.68. The first-order valence-electron chi connectivity index (χ1n) is 9.73. The summed E-state index contributed by atoms with van der Waals surface area (Å²) in [6, 6.07) is 14.3. The van der Waals surface area contributed by atoms with Gasteiger partial charge in [-0.15, -0.1) is 0 Å². The smallest absolute Gasteiger partial charge is 0.261 e. The van der Waals surface area contributed by atoms with E-state index in [4.69, 9.17) is 4.74 Å². The van der Waals surface area contributed by atoms with Gasteiger partial charge in [0.15, 0.2) is 0 Å². The number of benzene rings is 2. The summed E-state index contributed by atoms with van der Waals surface area (Å²) in [5.41, 5.74) is 1.24. The summed E-state index contributed by atoms with van der Waals surface area (Å²) >= 11 is 0. The van der Waals surface area contributed by atoms with Gasteiger partial charge in [0.25, 0.3) is 5.56 Å². The molecule has 4 rings (SSSR count). The van der Waals surface area contributed by atoms with E-state index in [1.807, 2.05) is 6.07 Å². The predicted octanol–water partition coefficient (Wildman–Crippen LogP) is 1.57. The first-order valence-corrected chi connectivity index (χ1v) is 9.73. The second-order valence-electron chi connectivity index (χ2n) is 7.15. The number of para-hydroxylation sites is 1. The molecule has 30 heavy (non-hydrogen) atoms. The minimum Gasteiger partial charge on any atom is -0.497 e. The lowest BCUT2D eigenvalue weighted by molar-refractivity contribution is -0.126. The Balaban J connectivity index is 1.35. The number of nitrogens with one attached hydrogen (secondary N) is 1. The molecule has 1 aliphatic rings. The van der Waals surface area contributed by atoms with E-state index < -0.39 is 5.92 Å². The van der Waals surface area contributed by atoms with Crippen molar-refractivity contribution in [2.24, 2.45) is 5.92 Å². The van der Waals surface area contributed by atoms with Crippen LogP contribution in [0.3, 0.4) is 0 Å². The van der Waals surface area contributed by atoms with Crippen LogP contribution in [0.1, 0.15) is 6.42 Å². The van der Waals surface area contributed by atoms with Gasteiger partial charge in [-0.05, 0) is 36.4 Å². The molecule has 8 nitrogen and oxygen atoms in total. The maximum atomic E-state index is 12.5. The number of aromatic nitrogens is 2. The van der Waals surface area contributed by atoms with E-state index in [9.17, 15) is 14.4 Å². The highest BCUT2D eigenvalue weighted by Crippen LogP contribution is 2.26. The lowest BCUT2D eigenvalue weighted by Gasteiger charge is -2.17. The third kappa shape index (κ3) is 3.89. The molecule has 0 aliphatic carbocycles. The standard InChI is InChI=1S/C22H22N4O4/c1-30-17-8-6-16(7-9-17)26-13-15(12-20(26)27)21(28)23-10-11-25-14-24-19-5-3-2-4-18(19)22(25)29/h2-9,14-15H,10-13H2,1H3,(H,23,28)/t15-/m1/s1. The van der Waals surface area contributed by atoms with Gasteiger partial charge >= 0.3 is 0 Å². The number of anilines is 1. The molecule has 0 spiro atoms. The lowest BCUT2D eigenvalue weighted by atomic mass is 10.1. The third-order valence-corrected chi connectivity index (χ3v) is 5.26. The minimum absolute atomic E-state index is 0.0877. The van der Waals surface area contributed by atoms with E-state index >= 15 is 0 Å². The van der Waals surface area contributed by atoms with Gasteiger partial charge in [0.2, 0.25) is 11.8 Å². The molecule has 0 saturated carbocycles. The average Bonchev–Trinajstić information content (AvgIpc) is 3.17. The van der Waals surface area contributed by atoms with Crippen molar-refractivity contribution in [1.29, 1.82) is 0 Å². The molecule has 0 unspecified atom stereocenters. The molecule has 1 aromatic heterocycles. The fourth-order valence-corrected chi connectivity index (χ4v) is 3.60. The van der Waals surface area contributed by atoms with Gasteiger partial charge in [-0.25, -0.2) is 4.98 Å². The van der Waals surface area contributed by atoms with E-state index in [1.54, 1.807) is 54.5 Å². The van der Waals surface area contributed by atoms with Crippen LogP contribution in [0, 0.1) is 5.92 Å². The van der Waals surface area contributed by atoms with Crippen LogP contribution in [-0.4, -0.2) is 41.6 Å². The van der Waals surface area contributed by atoms with Gasteiger partial charge in [-0.3, -0.25) is 19.0 Å². The number of nitrogens with zero attached hydrogens (tertiary/aromatic N) is 3. The second-order valence-corrected chi connectivity index (χ2v) is 7.15. The van der Waals surface area contributed by atoms with Gasteiger partial charge < -0.3 is 15.0 Å². The Morgan fingerprint density at radius 1 is 1.17 bits per heavy atom. The van der Waals surface area contributed by atoms with Crippen LogP contribution >= 0.6 is 0 Å². The molecule has 1 atom stereocenters. The Bertz CT molecular complexity index is 1140. The van der Waals surface area contributed by atoms with Crippen molar-refractivity contribution in [3.8, 4) is 5.75 Å². The number of methoxy groups -OCH3 is 1. The minimum atomic E-state index is -0.425. The molecule has 1 N–H and O–H groups in total. The highest BCUT2D eigenvalue weighted by atomic mass is 16.5. The highest BCUT2D eigenvalue weighted by molar-refractivity contribution is 6.00. The van der Waals surface area contributed by atoms with Gasteiger partial charge in [0.05, 0.1) is 30.3 Å². The topological polar surface area (TPSA) is 93.5 Å². The van der Waals surface area contributed by atoms with Crippen LogP contribution in [0.15, 0.2) is 59.7 Å². The largest absolute Gasteiger partial charge is 0.497 e. The number of carbonyl (C=O) groups excluding carboxylic acids is 2. The molecule has 154 valence electrons.